The fourth-order valence-corrected chi connectivity index (χ4v) is 3.02. The first-order chi connectivity index (χ1) is 13.3. The summed E-state index contributed by atoms with van der Waals surface area (Å²) in [5.74, 6) is 1.92. The van der Waals surface area contributed by atoms with Crippen LogP contribution in [0.4, 0.5) is 0 Å². The molecular formula is C22H28ClNO4. The summed E-state index contributed by atoms with van der Waals surface area (Å²) in [7, 11) is 3.23. The van der Waals surface area contributed by atoms with E-state index in [1.165, 1.54) is 0 Å². The topological polar surface area (TPSA) is 56.8 Å². The SMILES string of the molecule is COc1ccc(CCCNC(=O)[C@H](C)Oc2cc(C)c(Cl)c(C)c2)cc1OC. The minimum absolute atomic E-state index is 0.141. The zero-order valence-electron chi connectivity index (χ0n) is 17.1. The maximum Gasteiger partial charge on any atom is 0.260 e. The number of halogens is 1. The van der Waals surface area contributed by atoms with Crippen LogP contribution in [-0.4, -0.2) is 32.8 Å². The lowest BCUT2D eigenvalue weighted by molar-refractivity contribution is -0.127. The Morgan fingerprint density at radius 2 is 1.71 bits per heavy atom. The molecule has 1 N–H and O–H groups in total. The Balaban J connectivity index is 1.80. The first kappa shape index (κ1) is 21.9. The minimum Gasteiger partial charge on any atom is -0.493 e. The van der Waals surface area contributed by atoms with E-state index in [1.807, 2.05) is 44.2 Å². The number of ether oxygens (including phenoxy) is 3. The minimum atomic E-state index is -0.582. The quantitative estimate of drug-likeness (QED) is 0.624. The predicted molar refractivity (Wildman–Crippen MR) is 112 cm³/mol. The van der Waals surface area contributed by atoms with Gasteiger partial charge in [0.1, 0.15) is 5.75 Å². The molecule has 0 bridgehead atoms. The van der Waals surface area contributed by atoms with Gasteiger partial charge in [0.05, 0.1) is 14.2 Å². The van der Waals surface area contributed by atoms with Gasteiger partial charge in [-0.3, -0.25) is 4.79 Å². The largest absolute Gasteiger partial charge is 0.493 e. The smallest absolute Gasteiger partial charge is 0.260 e. The zero-order valence-corrected chi connectivity index (χ0v) is 17.9. The normalized spacial score (nSPS) is 11.6. The van der Waals surface area contributed by atoms with Crippen molar-refractivity contribution < 1.29 is 19.0 Å². The van der Waals surface area contributed by atoms with Crippen LogP contribution in [0.5, 0.6) is 17.2 Å². The van der Waals surface area contributed by atoms with E-state index in [4.69, 9.17) is 25.8 Å². The molecule has 0 heterocycles. The molecule has 0 aliphatic carbocycles. The highest BCUT2D eigenvalue weighted by Crippen LogP contribution is 2.28. The van der Waals surface area contributed by atoms with Crippen LogP contribution in [0.3, 0.4) is 0 Å². The van der Waals surface area contributed by atoms with Gasteiger partial charge in [0.25, 0.3) is 5.91 Å². The van der Waals surface area contributed by atoms with Gasteiger partial charge in [0, 0.05) is 11.6 Å². The monoisotopic (exact) mass is 405 g/mol. The third-order valence-corrected chi connectivity index (χ3v) is 5.08. The average Bonchev–Trinajstić information content (AvgIpc) is 2.68. The Bertz CT molecular complexity index is 799. The molecule has 28 heavy (non-hydrogen) atoms. The molecular weight excluding hydrogens is 378 g/mol. The highest BCUT2D eigenvalue weighted by atomic mass is 35.5. The van der Waals surface area contributed by atoms with E-state index in [1.54, 1.807) is 21.1 Å². The molecule has 2 aromatic carbocycles. The van der Waals surface area contributed by atoms with Crippen LogP contribution in [0.1, 0.15) is 30.0 Å². The van der Waals surface area contributed by atoms with Crippen molar-refractivity contribution in [3.05, 3.63) is 52.0 Å². The van der Waals surface area contributed by atoms with Crippen molar-refractivity contribution in [3.8, 4) is 17.2 Å². The molecule has 0 aromatic heterocycles. The van der Waals surface area contributed by atoms with E-state index < -0.39 is 6.10 Å². The molecule has 1 atom stereocenters. The second-order valence-electron chi connectivity index (χ2n) is 6.72. The number of aryl methyl sites for hydroxylation is 3. The summed E-state index contributed by atoms with van der Waals surface area (Å²) in [6.45, 7) is 6.14. The van der Waals surface area contributed by atoms with E-state index in [2.05, 4.69) is 5.32 Å². The summed E-state index contributed by atoms with van der Waals surface area (Å²) in [6, 6.07) is 9.53. The summed E-state index contributed by atoms with van der Waals surface area (Å²) < 4.78 is 16.3. The third-order valence-electron chi connectivity index (χ3n) is 4.48. The van der Waals surface area contributed by atoms with E-state index in [0.717, 1.165) is 34.6 Å². The molecule has 0 saturated heterocycles. The van der Waals surface area contributed by atoms with Crippen LogP contribution in [0, 0.1) is 13.8 Å². The first-order valence-electron chi connectivity index (χ1n) is 9.27. The maximum absolute atomic E-state index is 12.3. The van der Waals surface area contributed by atoms with Crippen molar-refractivity contribution in [1.29, 1.82) is 0 Å². The number of rotatable bonds is 9. The van der Waals surface area contributed by atoms with E-state index in [-0.39, 0.29) is 5.91 Å². The van der Waals surface area contributed by atoms with Crippen LogP contribution < -0.4 is 19.5 Å². The number of benzene rings is 2. The van der Waals surface area contributed by atoms with Gasteiger partial charge >= 0.3 is 0 Å². The van der Waals surface area contributed by atoms with E-state index >= 15 is 0 Å². The number of methoxy groups -OCH3 is 2. The number of hydrogen-bond acceptors (Lipinski definition) is 4. The van der Waals surface area contributed by atoms with Gasteiger partial charge < -0.3 is 19.5 Å². The Labute approximate surface area is 171 Å². The fourth-order valence-electron chi connectivity index (χ4n) is 2.92. The lowest BCUT2D eigenvalue weighted by Gasteiger charge is -2.16. The highest BCUT2D eigenvalue weighted by Gasteiger charge is 2.15. The van der Waals surface area contributed by atoms with Crippen LogP contribution in [0.2, 0.25) is 5.02 Å². The number of nitrogens with one attached hydrogen (secondary N) is 1. The average molecular weight is 406 g/mol. The van der Waals surface area contributed by atoms with Gasteiger partial charge in [-0.25, -0.2) is 0 Å². The molecule has 152 valence electrons. The summed E-state index contributed by atoms with van der Waals surface area (Å²) in [6.07, 6.45) is 1.06. The van der Waals surface area contributed by atoms with Gasteiger partial charge in [-0.2, -0.15) is 0 Å². The molecule has 2 aromatic rings. The number of carbonyl (C=O) groups excluding carboxylic acids is 1. The van der Waals surface area contributed by atoms with Crippen molar-refractivity contribution >= 4 is 17.5 Å². The van der Waals surface area contributed by atoms with E-state index in [9.17, 15) is 4.79 Å². The van der Waals surface area contributed by atoms with E-state index in [0.29, 0.717) is 23.8 Å². The van der Waals surface area contributed by atoms with Gasteiger partial charge in [-0.05, 0) is 74.6 Å². The van der Waals surface area contributed by atoms with Crippen LogP contribution in [-0.2, 0) is 11.2 Å². The van der Waals surface area contributed by atoms with Gasteiger partial charge in [0.15, 0.2) is 17.6 Å². The Morgan fingerprint density at radius 3 is 2.32 bits per heavy atom. The van der Waals surface area contributed by atoms with Crippen LogP contribution >= 0.6 is 11.6 Å². The Hall–Kier alpha value is -2.40. The lowest BCUT2D eigenvalue weighted by atomic mass is 10.1. The zero-order chi connectivity index (χ0) is 20.7. The molecule has 6 heteroatoms. The van der Waals surface area contributed by atoms with Crippen LogP contribution in [0.15, 0.2) is 30.3 Å². The molecule has 0 aliphatic rings. The molecule has 0 fully saturated rings. The third kappa shape index (κ3) is 5.80. The van der Waals surface area contributed by atoms with Crippen molar-refractivity contribution in [2.75, 3.05) is 20.8 Å². The number of carbonyl (C=O) groups is 1. The second kappa shape index (κ2) is 10.2. The molecule has 0 aliphatic heterocycles. The standard InChI is InChI=1S/C22H28ClNO4/c1-14-11-18(12-15(2)21(14)23)28-16(3)22(25)24-10-6-7-17-8-9-19(26-4)20(13-17)27-5/h8-9,11-13,16H,6-7,10H2,1-5H3,(H,24,25)/t16-/m0/s1. The summed E-state index contributed by atoms with van der Waals surface area (Å²) >= 11 is 6.17. The summed E-state index contributed by atoms with van der Waals surface area (Å²) in [4.78, 5) is 12.3. The maximum atomic E-state index is 12.3. The molecule has 5 nitrogen and oxygen atoms in total. The Morgan fingerprint density at radius 1 is 1.07 bits per heavy atom. The predicted octanol–water partition coefficient (Wildman–Crippen LogP) is 4.49. The highest BCUT2D eigenvalue weighted by molar-refractivity contribution is 6.32. The van der Waals surface area contributed by atoms with Crippen molar-refractivity contribution in [1.82, 2.24) is 5.32 Å². The first-order valence-corrected chi connectivity index (χ1v) is 9.65. The van der Waals surface area contributed by atoms with Gasteiger partial charge in [-0.15, -0.1) is 0 Å². The number of hydrogen-bond donors (Lipinski definition) is 1. The van der Waals surface area contributed by atoms with Gasteiger partial charge in [0.2, 0.25) is 0 Å². The Kier molecular flexibility index (Phi) is 8.00. The molecule has 0 radical (unpaired) electrons. The lowest BCUT2D eigenvalue weighted by Crippen LogP contribution is -2.37. The van der Waals surface area contributed by atoms with Crippen LogP contribution in [0.25, 0.3) is 0 Å². The summed E-state index contributed by atoms with van der Waals surface area (Å²) in [5, 5.41) is 3.64. The molecule has 0 spiro atoms. The van der Waals surface area contributed by atoms with Crippen molar-refractivity contribution in [3.63, 3.8) is 0 Å². The molecule has 1 amide bonds. The molecule has 0 saturated carbocycles. The van der Waals surface area contributed by atoms with Crippen molar-refractivity contribution in [2.24, 2.45) is 0 Å². The number of amides is 1. The molecule has 2 rings (SSSR count). The second-order valence-corrected chi connectivity index (χ2v) is 7.09. The molecule has 0 unspecified atom stereocenters. The van der Waals surface area contributed by atoms with Crippen molar-refractivity contribution in [2.45, 2.75) is 39.7 Å². The fraction of sp³-hybridized carbons (Fsp3) is 0.409. The van der Waals surface area contributed by atoms with Gasteiger partial charge in [-0.1, -0.05) is 17.7 Å². The summed E-state index contributed by atoms with van der Waals surface area (Å²) in [5.41, 5.74) is 2.99.